The highest BCUT2D eigenvalue weighted by molar-refractivity contribution is 5.50. The van der Waals surface area contributed by atoms with Gasteiger partial charge in [-0.2, -0.15) is 18.2 Å². The van der Waals surface area contributed by atoms with Crippen molar-refractivity contribution in [3.8, 4) is 0 Å². The number of aliphatic imine (C=N–C) groups is 1. The van der Waals surface area contributed by atoms with E-state index in [0.29, 0.717) is 12.1 Å². The molecular weight excluding hydrogens is 221 g/mol. The van der Waals surface area contributed by atoms with Crippen LogP contribution in [0.2, 0.25) is 0 Å². The second kappa shape index (κ2) is 3.78. The zero-order valence-corrected chi connectivity index (χ0v) is 6.90. The first-order valence-electron chi connectivity index (χ1n) is 3.50. The third kappa shape index (κ3) is 2.38. The summed E-state index contributed by atoms with van der Waals surface area (Å²) in [6, 6.07) is 0.605. The smallest absolute Gasteiger partial charge is 0.211 e. The number of rotatable bonds is 1. The van der Waals surface area contributed by atoms with Gasteiger partial charge in [-0.3, -0.25) is 0 Å². The summed E-state index contributed by atoms with van der Waals surface area (Å²) in [6.45, 7) is 0. The summed E-state index contributed by atoms with van der Waals surface area (Å²) in [5.74, 6) is -3.65. The summed E-state index contributed by atoms with van der Waals surface area (Å²) in [7, 11) is 0. The topological polar surface area (TPSA) is 29.4 Å². The molecule has 0 fully saturated rings. The zero-order valence-electron chi connectivity index (χ0n) is 6.90. The first-order valence-corrected chi connectivity index (χ1v) is 3.50. The van der Waals surface area contributed by atoms with Gasteiger partial charge in [-0.15, -0.1) is 0 Å². The molecule has 0 spiro atoms. The Morgan fingerprint density at radius 1 is 1.13 bits per heavy atom. The average Bonchev–Trinajstić information content (AvgIpc) is 1.99. The number of hydrogen-bond acceptors (Lipinski definition) is 2. The Hall–Kier alpha value is -1.75. The molecule has 1 aromatic carbocycles. The van der Waals surface area contributed by atoms with Gasteiger partial charge in [0.05, 0.1) is 5.69 Å². The molecule has 2 nitrogen and oxygen atoms in total. The lowest BCUT2D eigenvalue weighted by Gasteiger charge is -2.08. The second-order valence-corrected chi connectivity index (χ2v) is 2.49. The van der Waals surface area contributed by atoms with E-state index < -0.39 is 29.1 Å². The van der Waals surface area contributed by atoms with Crippen LogP contribution in [0.4, 0.5) is 27.6 Å². The van der Waals surface area contributed by atoms with Gasteiger partial charge in [-0.05, 0) is 0 Å². The maximum atomic E-state index is 12.8. The molecule has 0 amide bonds. The Labute approximate surface area is 80.0 Å². The largest absolute Gasteiger partial charge is 0.422 e. The average molecular weight is 223 g/mol. The van der Waals surface area contributed by atoms with Gasteiger partial charge in [0.2, 0.25) is 6.08 Å². The fraction of sp³-hybridized carbons (Fsp3) is 0.125. The van der Waals surface area contributed by atoms with Crippen LogP contribution in [0.5, 0.6) is 0 Å². The third-order valence-electron chi connectivity index (χ3n) is 1.49. The molecule has 0 aromatic heterocycles. The van der Waals surface area contributed by atoms with E-state index >= 15 is 0 Å². The first-order chi connectivity index (χ1) is 6.86. The van der Waals surface area contributed by atoms with E-state index in [4.69, 9.17) is 0 Å². The molecule has 0 saturated heterocycles. The lowest BCUT2D eigenvalue weighted by atomic mass is 10.1. The van der Waals surface area contributed by atoms with Gasteiger partial charge in [0.25, 0.3) is 0 Å². The number of alkyl halides is 3. The molecule has 0 saturated carbocycles. The maximum Gasteiger partial charge on any atom is 0.422 e. The fourth-order valence-corrected chi connectivity index (χ4v) is 0.948. The molecule has 0 aliphatic heterocycles. The lowest BCUT2D eigenvalue weighted by molar-refractivity contribution is -0.142. The maximum absolute atomic E-state index is 12.8. The Kier molecular flexibility index (Phi) is 2.85. The van der Waals surface area contributed by atoms with Crippen molar-refractivity contribution in [3.05, 3.63) is 29.3 Å². The van der Waals surface area contributed by atoms with Crippen LogP contribution >= 0.6 is 0 Å². The summed E-state index contributed by atoms with van der Waals surface area (Å²) >= 11 is 0. The molecule has 80 valence electrons. The van der Waals surface area contributed by atoms with Gasteiger partial charge in [-0.25, -0.2) is 13.6 Å². The lowest BCUT2D eigenvalue weighted by Crippen LogP contribution is -2.10. The highest BCUT2D eigenvalue weighted by Gasteiger charge is 2.37. The summed E-state index contributed by atoms with van der Waals surface area (Å²) in [4.78, 5) is 12.5. The van der Waals surface area contributed by atoms with Crippen molar-refractivity contribution in [1.82, 2.24) is 0 Å². The molecular formula is C8H2F5NO. The van der Waals surface area contributed by atoms with E-state index in [2.05, 4.69) is 4.99 Å². The van der Waals surface area contributed by atoms with Crippen molar-refractivity contribution in [3.63, 3.8) is 0 Å². The minimum Gasteiger partial charge on any atom is -0.211 e. The molecule has 0 heterocycles. The van der Waals surface area contributed by atoms with E-state index in [1.165, 1.54) is 0 Å². The molecule has 0 radical (unpaired) electrons. The van der Waals surface area contributed by atoms with Gasteiger partial charge < -0.3 is 0 Å². The number of hydrogen-bond donors (Lipinski definition) is 0. The Morgan fingerprint density at radius 3 is 1.93 bits per heavy atom. The molecule has 15 heavy (non-hydrogen) atoms. The van der Waals surface area contributed by atoms with E-state index in [9.17, 15) is 26.7 Å². The monoisotopic (exact) mass is 223 g/mol. The van der Waals surface area contributed by atoms with E-state index in [-0.39, 0.29) is 0 Å². The zero-order chi connectivity index (χ0) is 11.6. The van der Waals surface area contributed by atoms with Gasteiger partial charge in [-0.1, -0.05) is 0 Å². The Bertz CT molecular complexity index is 410. The van der Waals surface area contributed by atoms with Crippen molar-refractivity contribution < 1.29 is 26.7 Å². The van der Waals surface area contributed by atoms with Crippen molar-refractivity contribution in [2.24, 2.45) is 4.99 Å². The standard InChI is InChI=1S/C8H2F5NO/c9-5-1-4(14-3-15)2-6(10)7(5)8(11,12)13/h1-2H. The molecule has 0 atom stereocenters. The van der Waals surface area contributed by atoms with Crippen LogP contribution in [0.1, 0.15) is 5.56 Å². The molecule has 0 unspecified atom stereocenters. The number of carbonyl (C=O) groups excluding carboxylic acids is 1. The summed E-state index contributed by atoms with van der Waals surface area (Å²) < 4.78 is 61.7. The summed E-state index contributed by atoms with van der Waals surface area (Å²) in [6.07, 6.45) is -4.17. The quantitative estimate of drug-likeness (QED) is 0.409. The Morgan fingerprint density at radius 2 is 1.60 bits per heavy atom. The normalized spacial score (nSPS) is 11.0. The SMILES string of the molecule is O=C=Nc1cc(F)c(C(F)(F)F)c(F)c1. The molecule has 7 heteroatoms. The van der Waals surface area contributed by atoms with E-state index in [1.54, 1.807) is 0 Å². The predicted molar refractivity (Wildman–Crippen MR) is 39.1 cm³/mol. The minimum atomic E-state index is -5.13. The number of benzene rings is 1. The molecule has 0 N–H and O–H groups in total. The highest BCUT2D eigenvalue weighted by Crippen LogP contribution is 2.35. The summed E-state index contributed by atoms with van der Waals surface area (Å²) in [5, 5.41) is 0. The number of isocyanates is 1. The van der Waals surface area contributed by atoms with Crippen LogP contribution < -0.4 is 0 Å². The van der Waals surface area contributed by atoms with E-state index in [0.717, 1.165) is 6.08 Å². The molecule has 0 aliphatic carbocycles. The first kappa shape index (κ1) is 11.3. The number of nitrogens with zero attached hydrogens (tertiary/aromatic N) is 1. The Balaban J connectivity index is 3.40. The van der Waals surface area contributed by atoms with Crippen LogP contribution in [0.25, 0.3) is 0 Å². The minimum absolute atomic E-state index is 0.302. The van der Waals surface area contributed by atoms with Gasteiger partial charge in [0.15, 0.2) is 0 Å². The van der Waals surface area contributed by atoms with Crippen LogP contribution in [0.3, 0.4) is 0 Å². The molecule has 0 aliphatic rings. The van der Waals surface area contributed by atoms with Crippen molar-refractivity contribution in [2.75, 3.05) is 0 Å². The van der Waals surface area contributed by atoms with E-state index in [1.807, 2.05) is 0 Å². The molecule has 0 bridgehead atoms. The molecule has 1 aromatic rings. The predicted octanol–water partition coefficient (Wildman–Crippen LogP) is 2.95. The van der Waals surface area contributed by atoms with Gasteiger partial charge in [0, 0.05) is 12.1 Å². The fourth-order valence-electron chi connectivity index (χ4n) is 0.948. The third-order valence-corrected chi connectivity index (χ3v) is 1.49. The van der Waals surface area contributed by atoms with Crippen molar-refractivity contribution >= 4 is 11.8 Å². The van der Waals surface area contributed by atoms with Crippen molar-refractivity contribution in [1.29, 1.82) is 0 Å². The van der Waals surface area contributed by atoms with Gasteiger partial charge in [0.1, 0.15) is 17.2 Å². The van der Waals surface area contributed by atoms with Crippen LogP contribution in [-0.2, 0) is 11.0 Å². The van der Waals surface area contributed by atoms with Crippen LogP contribution in [0, 0.1) is 11.6 Å². The second-order valence-electron chi connectivity index (χ2n) is 2.49. The molecule has 1 rings (SSSR count). The van der Waals surface area contributed by atoms with Gasteiger partial charge >= 0.3 is 6.18 Å². The number of halogens is 5. The van der Waals surface area contributed by atoms with Crippen LogP contribution in [0.15, 0.2) is 17.1 Å². The van der Waals surface area contributed by atoms with Crippen LogP contribution in [-0.4, -0.2) is 6.08 Å². The van der Waals surface area contributed by atoms with Crippen molar-refractivity contribution in [2.45, 2.75) is 6.18 Å². The highest BCUT2D eigenvalue weighted by atomic mass is 19.4. The summed E-state index contributed by atoms with van der Waals surface area (Å²) in [5.41, 5.74) is -2.57.